The molecule has 0 saturated heterocycles. The topological polar surface area (TPSA) is 17.8 Å². The summed E-state index contributed by atoms with van der Waals surface area (Å²) in [5, 5.41) is 0. The van der Waals surface area contributed by atoms with Gasteiger partial charge in [-0.1, -0.05) is 42.5 Å². The van der Waals surface area contributed by atoms with Crippen LogP contribution in [-0.2, 0) is 0 Å². The standard InChI is InChI=1S/C17H16N2/c1-13-8-6-7-11-16(13)17-14(2)19(12-18-17)15-9-4-3-5-10-15/h3-12H,1-2H3. The fourth-order valence-corrected chi connectivity index (χ4v) is 2.36. The smallest absolute Gasteiger partial charge is 0.100 e. The second-order valence-electron chi connectivity index (χ2n) is 4.70. The van der Waals surface area contributed by atoms with Crippen molar-refractivity contribution in [1.82, 2.24) is 9.55 Å². The number of aromatic nitrogens is 2. The average Bonchev–Trinajstić information content (AvgIpc) is 2.82. The van der Waals surface area contributed by atoms with Gasteiger partial charge in [0.2, 0.25) is 0 Å². The lowest BCUT2D eigenvalue weighted by Crippen LogP contribution is -1.95. The molecule has 0 aliphatic rings. The zero-order chi connectivity index (χ0) is 13.2. The van der Waals surface area contributed by atoms with Crippen LogP contribution in [0.5, 0.6) is 0 Å². The molecule has 0 fully saturated rings. The van der Waals surface area contributed by atoms with Crippen molar-refractivity contribution in [2.45, 2.75) is 13.8 Å². The summed E-state index contributed by atoms with van der Waals surface area (Å²) in [6, 6.07) is 18.7. The van der Waals surface area contributed by atoms with Gasteiger partial charge in [0.1, 0.15) is 6.33 Å². The molecule has 0 atom stereocenters. The molecule has 2 heteroatoms. The first-order valence-electron chi connectivity index (χ1n) is 6.43. The van der Waals surface area contributed by atoms with Gasteiger partial charge in [-0.15, -0.1) is 0 Å². The Kier molecular flexibility index (Phi) is 2.92. The van der Waals surface area contributed by atoms with Gasteiger partial charge in [0.05, 0.1) is 5.69 Å². The second-order valence-corrected chi connectivity index (χ2v) is 4.70. The highest BCUT2D eigenvalue weighted by atomic mass is 15.1. The molecule has 19 heavy (non-hydrogen) atoms. The minimum Gasteiger partial charge on any atom is -0.303 e. The normalized spacial score (nSPS) is 10.6. The summed E-state index contributed by atoms with van der Waals surface area (Å²) in [6.07, 6.45) is 1.90. The van der Waals surface area contributed by atoms with Crippen molar-refractivity contribution in [2.24, 2.45) is 0 Å². The molecule has 2 nitrogen and oxygen atoms in total. The van der Waals surface area contributed by atoms with Crippen LogP contribution in [0.25, 0.3) is 16.9 Å². The van der Waals surface area contributed by atoms with E-state index in [1.807, 2.05) is 24.5 Å². The summed E-state index contributed by atoms with van der Waals surface area (Å²) in [5.74, 6) is 0. The maximum Gasteiger partial charge on any atom is 0.100 e. The van der Waals surface area contributed by atoms with Gasteiger partial charge in [-0.3, -0.25) is 0 Å². The zero-order valence-electron chi connectivity index (χ0n) is 11.2. The lowest BCUT2D eigenvalue weighted by molar-refractivity contribution is 1.01. The fraction of sp³-hybridized carbons (Fsp3) is 0.118. The minimum atomic E-state index is 1.06. The highest BCUT2D eigenvalue weighted by Gasteiger charge is 2.11. The fourth-order valence-electron chi connectivity index (χ4n) is 2.36. The van der Waals surface area contributed by atoms with Crippen molar-refractivity contribution in [3.63, 3.8) is 0 Å². The van der Waals surface area contributed by atoms with E-state index in [0.29, 0.717) is 0 Å². The molecule has 0 aliphatic heterocycles. The molecule has 0 radical (unpaired) electrons. The summed E-state index contributed by atoms with van der Waals surface area (Å²) in [5.41, 5.74) is 5.83. The summed E-state index contributed by atoms with van der Waals surface area (Å²) in [6.45, 7) is 4.23. The van der Waals surface area contributed by atoms with E-state index in [0.717, 1.165) is 11.4 Å². The van der Waals surface area contributed by atoms with Crippen molar-refractivity contribution in [1.29, 1.82) is 0 Å². The monoisotopic (exact) mass is 248 g/mol. The van der Waals surface area contributed by atoms with E-state index in [9.17, 15) is 0 Å². The summed E-state index contributed by atoms with van der Waals surface area (Å²) in [4.78, 5) is 4.59. The van der Waals surface area contributed by atoms with Crippen LogP contribution in [0, 0.1) is 13.8 Å². The van der Waals surface area contributed by atoms with E-state index in [4.69, 9.17) is 0 Å². The third kappa shape index (κ3) is 2.06. The van der Waals surface area contributed by atoms with E-state index < -0.39 is 0 Å². The molecule has 0 spiro atoms. The van der Waals surface area contributed by atoms with Crippen molar-refractivity contribution in [2.75, 3.05) is 0 Å². The number of hydrogen-bond donors (Lipinski definition) is 0. The predicted octanol–water partition coefficient (Wildman–Crippen LogP) is 4.16. The number of imidazole rings is 1. The quantitative estimate of drug-likeness (QED) is 0.666. The van der Waals surface area contributed by atoms with Gasteiger partial charge < -0.3 is 4.57 Å². The Balaban J connectivity index is 2.12. The van der Waals surface area contributed by atoms with Crippen LogP contribution in [0.1, 0.15) is 11.3 Å². The third-order valence-electron chi connectivity index (χ3n) is 3.44. The Morgan fingerprint density at radius 3 is 2.26 bits per heavy atom. The molecular weight excluding hydrogens is 232 g/mol. The molecule has 1 aromatic heterocycles. The third-order valence-corrected chi connectivity index (χ3v) is 3.44. The summed E-state index contributed by atoms with van der Waals surface area (Å²) < 4.78 is 2.13. The number of hydrogen-bond acceptors (Lipinski definition) is 1. The van der Waals surface area contributed by atoms with Crippen LogP contribution in [0.2, 0.25) is 0 Å². The van der Waals surface area contributed by atoms with Crippen LogP contribution in [-0.4, -0.2) is 9.55 Å². The maximum atomic E-state index is 4.59. The number of benzene rings is 2. The number of aryl methyl sites for hydroxylation is 1. The zero-order valence-corrected chi connectivity index (χ0v) is 11.2. The average molecular weight is 248 g/mol. The highest BCUT2D eigenvalue weighted by Crippen LogP contribution is 2.26. The van der Waals surface area contributed by atoms with Gasteiger partial charge >= 0.3 is 0 Å². The SMILES string of the molecule is Cc1ccccc1-c1ncn(-c2ccccc2)c1C. The Hall–Kier alpha value is -2.35. The lowest BCUT2D eigenvalue weighted by Gasteiger charge is -2.07. The Bertz CT molecular complexity index is 696. The first-order valence-corrected chi connectivity index (χ1v) is 6.43. The largest absolute Gasteiger partial charge is 0.303 e. The molecule has 3 aromatic rings. The van der Waals surface area contributed by atoms with Crippen LogP contribution in [0.3, 0.4) is 0 Å². The minimum absolute atomic E-state index is 1.06. The summed E-state index contributed by atoms with van der Waals surface area (Å²) in [7, 11) is 0. The Morgan fingerprint density at radius 1 is 0.842 bits per heavy atom. The van der Waals surface area contributed by atoms with E-state index in [2.05, 4.69) is 59.8 Å². The Labute approximate surface area is 113 Å². The number of rotatable bonds is 2. The molecule has 94 valence electrons. The van der Waals surface area contributed by atoms with Crippen LogP contribution in [0.15, 0.2) is 60.9 Å². The van der Waals surface area contributed by atoms with Gasteiger partial charge in [0.15, 0.2) is 0 Å². The van der Waals surface area contributed by atoms with E-state index >= 15 is 0 Å². The predicted molar refractivity (Wildman–Crippen MR) is 78.5 cm³/mol. The lowest BCUT2D eigenvalue weighted by atomic mass is 10.0. The molecule has 0 amide bonds. The maximum absolute atomic E-state index is 4.59. The molecule has 2 aromatic carbocycles. The van der Waals surface area contributed by atoms with Crippen molar-refractivity contribution < 1.29 is 0 Å². The molecule has 1 heterocycles. The van der Waals surface area contributed by atoms with Gasteiger partial charge in [-0.25, -0.2) is 4.98 Å². The molecule has 0 aliphatic carbocycles. The number of para-hydroxylation sites is 1. The first-order chi connectivity index (χ1) is 9.27. The van der Waals surface area contributed by atoms with E-state index in [1.165, 1.54) is 16.8 Å². The van der Waals surface area contributed by atoms with Crippen LogP contribution < -0.4 is 0 Å². The summed E-state index contributed by atoms with van der Waals surface area (Å²) >= 11 is 0. The Morgan fingerprint density at radius 2 is 1.53 bits per heavy atom. The van der Waals surface area contributed by atoms with Crippen LogP contribution >= 0.6 is 0 Å². The molecule has 0 saturated carbocycles. The molecule has 0 N–H and O–H groups in total. The second kappa shape index (κ2) is 4.73. The first kappa shape index (κ1) is 11.7. The van der Waals surface area contributed by atoms with E-state index in [1.54, 1.807) is 0 Å². The van der Waals surface area contributed by atoms with Gasteiger partial charge in [0, 0.05) is 16.9 Å². The molecular formula is C17H16N2. The highest BCUT2D eigenvalue weighted by molar-refractivity contribution is 5.66. The molecule has 0 unspecified atom stereocenters. The van der Waals surface area contributed by atoms with Gasteiger partial charge in [0.25, 0.3) is 0 Å². The molecule has 3 rings (SSSR count). The van der Waals surface area contributed by atoms with Crippen LogP contribution in [0.4, 0.5) is 0 Å². The molecule has 0 bridgehead atoms. The number of nitrogens with zero attached hydrogens (tertiary/aromatic N) is 2. The van der Waals surface area contributed by atoms with E-state index in [-0.39, 0.29) is 0 Å². The van der Waals surface area contributed by atoms with Gasteiger partial charge in [-0.2, -0.15) is 0 Å². The van der Waals surface area contributed by atoms with Crippen molar-refractivity contribution >= 4 is 0 Å². The van der Waals surface area contributed by atoms with Crippen molar-refractivity contribution in [3.8, 4) is 16.9 Å². The van der Waals surface area contributed by atoms with Crippen molar-refractivity contribution in [3.05, 3.63) is 72.2 Å². The van der Waals surface area contributed by atoms with Gasteiger partial charge in [-0.05, 0) is 31.5 Å².